The molecule has 1 fully saturated rings. The smallest absolute Gasteiger partial charge is 0.302 e. The van der Waals surface area contributed by atoms with Crippen LogP contribution in [0.15, 0.2) is 78.6 Å². The van der Waals surface area contributed by atoms with Crippen LogP contribution in [0.1, 0.15) is 30.5 Å². The molecule has 4 aromatic rings. The van der Waals surface area contributed by atoms with Crippen LogP contribution in [0.3, 0.4) is 0 Å². The van der Waals surface area contributed by atoms with Gasteiger partial charge in [0.25, 0.3) is 5.78 Å². The van der Waals surface area contributed by atoms with Crippen LogP contribution < -0.4 is 9.64 Å². The number of para-hydroxylation sites is 2. The van der Waals surface area contributed by atoms with E-state index in [0.29, 0.717) is 29.0 Å². The summed E-state index contributed by atoms with van der Waals surface area (Å²) < 4.78 is 5.67. The summed E-state index contributed by atoms with van der Waals surface area (Å²) in [6, 6.07) is 16.7. The topological polar surface area (TPSA) is 108 Å². The molecule has 1 aliphatic rings. The highest BCUT2D eigenvalue weighted by molar-refractivity contribution is 6.51. The van der Waals surface area contributed by atoms with Gasteiger partial charge in [0.05, 0.1) is 29.3 Å². The molecule has 1 unspecified atom stereocenters. The first-order valence-electron chi connectivity index (χ1n) is 11.0. The number of aromatic nitrogens is 3. The lowest BCUT2D eigenvalue weighted by Gasteiger charge is -2.22. The van der Waals surface area contributed by atoms with Crippen LogP contribution in [0.5, 0.6) is 5.75 Å². The Hall–Kier alpha value is -4.46. The Morgan fingerprint density at radius 3 is 2.74 bits per heavy atom. The van der Waals surface area contributed by atoms with E-state index in [1.54, 1.807) is 48.8 Å². The Bertz CT molecular complexity index is 1380. The van der Waals surface area contributed by atoms with Crippen molar-refractivity contribution in [3.63, 3.8) is 0 Å². The Balaban J connectivity index is 1.67. The number of benzene rings is 2. The molecule has 1 saturated heterocycles. The third kappa shape index (κ3) is 3.69. The molecule has 2 aromatic heterocycles. The first kappa shape index (κ1) is 21.4. The third-order valence-electron chi connectivity index (χ3n) is 5.63. The molecule has 34 heavy (non-hydrogen) atoms. The summed E-state index contributed by atoms with van der Waals surface area (Å²) in [7, 11) is 0. The van der Waals surface area contributed by atoms with Crippen LogP contribution >= 0.6 is 0 Å². The number of aliphatic hydroxyl groups excluding tert-OH is 1. The molecular formula is C26H22N4O4. The molecule has 0 spiro atoms. The fourth-order valence-electron chi connectivity index (χ4n) is 4.07. The van der Waals surface area contributed by atoms with E-state index in [2.05, 4.69) is 15.0 Å². The molecule has 1 atom stereocenters. The number of amides is 1. The van der Waals surface area contributed by atoms with Crippen molar-refractivity contribution in [2.24, 2.45) is 0 Å². The number of carbonyl (C=O) groups excluding carboxylic acids is 2. The van der Waals surface area contributed by atoms with E-state index in [9.17, 15) is 14.7 Å². The van der Waals surface area contributed by atoms with Crippen LogP contribution in [0.25, 0.3) is 16.8 Å². The maximum Gasteiger partial charge on any atom is 0.302 e. The number of H-pyrrole nitrogens is 1. The van der Waals surface area contributed by atoms with Crippen LogP contribution in [-0.2, 0) is 9.59 Å². The highest BCUT2D eigenvalue weighted by Crippen LogP contribution is 2.41. The number of hydrogen-bond acceptors (Lipinski definition) is 6. The first-order valence-corrected chi connectivity index (χ1v) is 11.0. The molecule has 1 aliphatic heterocycles. The van der Waals surface area contributed by atoms with Gasteiger partial charge in [-0.05, 0) is 42.3 Å². The molecule has 0 bridgehead atoms. The monoisotopic (exact) mass is 454 g/mol. The van der Waals surface area contributed by atoms with Crippen molar-refractivity contribution in [1.29, 1.82) is 0 Å². The van der Waals surface area contributed by atoms with Gasteiger partial charge >= 0.3 is 5.91 Å². The summed E-state index contributed by atoms with van der Waals surface area (Å²) in [6.45, 7) is 2.52. The predicted molar refractivity (Wildman–Crippen MR) is 127 cm³/mol. The summed E-state index contributed by atoms with van der Waals surface area (Å²) in [6.07, 6.45) is 4.01. The Morgan fingerprint density at radius 1 is 1.12 bits per heavy atom. The van der Waals surface area contributed by atoms with E-state index < -0.39 is 17.7 Å². The Morgan fingerprint density at radius 2 is 1.97 bits per heavy atom. The molecule has 0 radical (unpaired) electrons. The van der Waals surface area contributed by atoms with E-state index in [1.165, 1.54) is 4.90 Å². The zero-order chi connectivity index (χ0) is 23.7. The molecule has 2 N–H and O–H groups in total. The molecule has 2 aromatic carbocycles. The summed E-state index contributed by atoms with van der Waals surface area (Å²) >= 11 is 0. The number of fused-ring (bicyclic) bond motifs is 1. The maximum absolute atomic E-state index is 13.3. The Labute approximate surface area is 195 Å². The fourth-order valence-corrected chi connectivity index (χ4v) is 4.07. The number of hydrogen-bond donors (Lipinski definition) is 2. The lowest BCUT2D eigenvalue weighted by Crippen LogP contribution is -2.30. The van der Waals surface area contributed by atoms with E-state index >= 15 is 0 Å². The molecule has 8 heteroatoms. The number of ketones is 1. The molecular weight excluding hydrogens is 432 g/mol. The lowest BCUT2D eigenvalue weighted by molar-refractivity contribution is -0.132. The quantitative estimate of drug-likeness (QED) is 0.254. The standard InChI is InChI=1S/C26H22N4O4/c1-2-13-34-18-9-5-7-16(14-18)23(31)21-22(17-8-6-12-27-15-17)30(25(33)24(21)32)26-28-19-10-3-4-11-20(19)29-26/h3-12,14-15,22,31H,2,13H2,1H3,(H,28,29)/b23-21+. The zero-order valence-electron chi connectivity index (χ0n) is 18.4. The van der Waals surface area contributed by atoms with Gasteiger partial charge in [-0.1, -0.05) is 37.3 Å². The van der Waals surface area contributed by atoms with Crippen molar-refractivity contribution in [1.82, 2.24) is 15.0 Å². The number of aromatic amines is 1. The fraction of sp³-hybridized carbons (Fsp3) is 0.154. The van der Waals surface area contributed by atoms with Crippen molar-refractivity contribution in [3.8, 4) is 5.75 Å². The normalized spacial score (nSPS) is 17.4. The van der Waals surface area contributed by atoms with E-state index in [0.717, 1.165) is 11.9 Å². The van der Waals surface area contributed by atoms with Crippen molar-refractivity contribution >= 4 is 34.4 Å². The summed E-state index contributed by atoms with van der Waals surface area (Å²) in [4.78, 5) is 39.6. The lowest BCUT2D eigenvalue weighted by atomic mass is 9.96. The second-order valence-corrected chi connectivity index (χ2v) is 7.91. The van der Waals surface area contributed by atoms with Gasteiger partial charge in [-0.25, -0.2) is 4.98 Å². The number of Topliss-reactive ketones (excluding diaryl/α,β-unsaturated/α-hetero) is 1. The summed E-state index contributed by atoms with van der Waals surface area (Å²) in [5.74, 6) is -1.08. The van der Waals surface area contributed by atoms with Gasteiger partial charge in [0.1, 0.15) is 11.5 Å². The van der Waals surface area contributed by atoms with Gasteiger partial charge in [-0.3, -0.25) is 19.5 Å². The minimum atomic E-state index is -0.908. The van der Waals surface area contributed by atoms with E-state index in [1.807, 2.05) is 31.2 Å². The molecule has 3 heterocycles. The van der Waals surface area contributed by atoms with Crippen LogP contribution in [0.2, 0.25) is 0 Å². The molecule has 5 rings (SSSR count). The number of nitrogens with zero attached hydrogens (tertiary/aromatic N) is 3. The molecule has 0 saturated carbocycles. The first-order chi connectivity index (χ1) is 16.6. The SMILES string of the molecule is CCCOc1cccc(/C(O)=C2\C(=O)C(=O)N(c3nc4ccccc4[nH]3)C2c2cccnc2)c1. The largest absolute Gasteiger partial charge is 0.507 e. The average molecular weight is 454 g/mol. The molecule has 1 amide bonds. The highest BCUT2D eigenvalue weighted by Gasteiger charge is 2.48. The van der Waals surface area contributed by atoms with Gasteiger partial charge < -0.3 is 14.8 Å². The van der Waals surface area contributed by atoms with Crippen LogP contribution in [0.4, 0.5) is 5.95 Å². The summed E-state index contributed by atoms with van der Waals surface area (Å²) in [5.41, 5.74) is 2.30. The number of aliphatic hydroxyl groups is 1. The zero-order valence-corrected chi connectivity index (χ0v) is 18.4. The summed E-state index contributed by atoms with van der Waals surface area (Å²) in [5, 5.41) is 11.3. The van der Waals surface area contributed by atoms with Gasteiger partial charge in [-0.15, -0.1) is 0 Å². The van der Waals surface area contributed by atoms with Gasteiger partial charge in [0, 0.05) is 18.0 Å². The number of carbonyl (C=O) groups is 2. The van der Waals surface area contributed by atoms with E-state index in [-0.39, 0.29) is 17.3 Å². The van der Waals surface area contributed by atoms with Crippen molar-refractivity contribution in [2.45, 2.75) is 19.4 Å². The minimum Gasteiger partial charge on any atom is -0.507 e. The predicted octanol–water partition coefficient (Wildman–Crippen LogP) is 4.37. The number of ether oxygens (including phenoxy) is 1. The molecule has 8 nitrogen and oxygen atoms in total. The van der Waals surface area contributed by atoms with Crippen molar-refractivity contribution in [3.05, 3.63) is 89.8 Å². The Kier molecular flexibility index (Phi) is 5.55. The number of pyridine rings is 1. The number of rotatable bonds is 6. The van der Waals surface area contributed by atoms with Gasteiger partial charge in [0.15, 0.2) is 0 Å². The molecule has 170 valence electrons. The maximum atomic E-state index is 13.3. The van der Waals surface area contributed by atoms with Gasteiger partial charge in [-0.2, -0.15) is 0 Å². The van der Waals surface area contributed by atoms with Crippen LogP contribution in [0, 0.1) is 0 Å². The number of imidazole rings is 1. The number of anilines is 1. The van der Waals surface area contributed by atoms with Crippen LogP contribution in [-0.4, -0.2) is 38.4 Å². The number of nitrogens with one attached hydrogen (secondary N) is 1. The minimum absolute atomic E-state index is 0.0360. The molecule has 0 aliphatic carbocycles. The second-order valence-electron chi connectivity index (χ2n) is 7.91. The average Bonchev–Trinajstić information content (AvgIpc) is 3.41. The van der Waals surface area contributed by atoms with Gasteiger partial charge in [0.2, 0.25) is 5.95 Å². The van der Waals surface area contributed by atoms with Crippen molar-refractivity contribution < 1.29 is 19.4 Å². The third-order valence-corrected chi connectivity index (χ3v) is 5.63. The highest BCUT2D eigenvalue weighted by atomic mass is 16.5. The van der Waals surface area contributed by atoms with Crippen molar-refractivity contribution in [2.75, 3.05) is 11.5 Å². The van der Waals surface area contributed by atoms with E-state index in [4.69, 9.17) is 4.74 Å². The second kappa shape index (κ2) is 8.82.